The summed E-state index contributed by atoms with van der Waals surface area (Å²) >= 11 is 1.43. The van der Waals surface area contributed by atoms with Gasteiger partial charge in [-0.05, 0) is 5.92 Å². The van der Waals surface area contributed by atoms with E-state index in [9.17, 15) is 9.59 Å². The summed E-state index contributed by atoms with van der Waals surface area (Å²) < 4.78 is 4.85. The molecule has 0 fully saturated rings. The van der Waals surface area contributed by atoms with Crippen LogP contribution in [-0.2, 0) is 14.3 Å². The van der Waals surface area contributed by atoms with Gasteiger partial charge in [0.05, 0.1) is 12.4 Å². The second-order valence-corrected chi connectivity index (χ2v) is 4.92. The summed E-state index contributed by atoms with van der Waals surface area (Å²) in [6.07, 6.45) is 0.716. The highest BCUT2D eigenvalue weighted by atomic mass is 32.2. The highest BCUT2D eigenvalue weighted by Gasteiger charge is 2.24. The minimum Gasteiger partial charge on any atom is -0.480 e. The molecule has 0 heterocycles. The van der Waals surface area contributed by atoms with Crippen molar-refractivity contribution in [3.63, 3.8) is 0 Å². The number of amides is 1. The number of hydrogen-bond donors (Lipinski definition) is 2. The van der Waals surface area contributed by atoms with Gasteiger partial charge in [0.1, 0.15) is 6.04 Å². The van der Waals surface area contributed by atoms with Gasteiger partial charge in [0, 0.05) is 12.9 Å². The normalized spacial score (nSPS) is 14.1. The molecule has 1 amide bonds. The van der Waals surface area contributed by atoms with Gasteiger partial charge in [0.25, 0.3) is 0 Å². The zero-order valence-electron chi connectivity index (χ0n) is 10.6. The Hall–Kier alpha value is -0.750. The number of thioether (sulfide) groups is 1. The molecule has 0 saturated carbocycles. The molecule has 0 bridgehead atoms. The van der Waals surface area contributed by atoms with Crippen LogP contribution >= 0.6 is 11.8 Å². The summed E-state index contributed by atoms with van der Waals surface area (Å²) in [5, 5.41) is 11.5. The lowest BCUT2D eigenvalue weighted by molar-refractivity contribution is -0.143. The molecular formula is C11H21NO4S. The maximum absolute atomic E-state index is 11.5. The van der Waals surface area contributed by atoms with Gasteiger partial charge in [-0.3, -0.25) is 4.79 Å². The molecule has 0 aliphatic carbocycles. The van der Waals surface area contributed by atoms with E-state index in [0.29, 0.717) is 13.0 Å². The predicted octanol–water partition coefficient (Wildman–Crippen LogP) is 0.981. The number of nitrogens with one attached hydrogen (secondary N) is 1. The monoisotopic (exact) mass is 263 g/mol. The van der Waals surface area contributed by atoms with Crippen LogP contribution in [0.25, 0.3) is 0 Å². The molecule has 5 nitrogen and oxygen atoms in total. The minimum atomic E-state index is -0.977. The first-order valence-electron chi connectivity index (χ1n) is 5.61. The van der Waals surface area contributed by atoms with Crippen LogP contribution in [0.1, 0.15) is 20.3 Å². The summed E-state index contributed by atoms with van der Waals surface area (Å²) in [4.78, 5) is 22.5. The molecule has 0 aromatic rings. The van der Waals surface area contributed by atoms with E-state index < -0.39 is 12.0 Å². The number of methoxy groups -OCH3 is 1. The van der Waals surface area contributed by atoms with Crippen molar-refractivity contribution in [2.45, 2.75) is 26.3 Å². The van der Waals surface area contributed by atoms with Gasteiger partial charge < -0.3 is 15.2 Å². The summed E-state index contributed by atoms with van der Waals surface area (Å²) in [5.41, 5.74) is 0. The van der Waals surface area contributed by atoms with Crippen LogP contribution in [0.4, 0.5) is 0 Å². The van der Waals surface area contributed by atoms with Crippen molar-refractivity contribution in [1.82, 2.24) is 5.32 Å². The number of carbonyl (C=O) groups excluding carboxylic acids is 1. The zero-order valence-corrected chi connectivity index (χ0v) is 11.4. The lowest BCUT2D eigenvalue weighted by Gasteiger charge is -2.19. The lowest BCUT2D eigenvalue weighted by atomic mass is 9.99. The Morgan fingerprint density at radius 2 is 2.12 bits per heavy atom. The third kappa shape index (κ3) is 7.23. The van der Waals surface area contributed by atoms with Crippen LogP contribution < -0.4 is 5.32 Å². The number of aliphatic carboxylic acids is 1. The third-order valence-electron chi connectivity index (χ3n) is 2.46. The van der Waals surface area contributed by atoms with E-state index in [4.69, 9.17) is 9.84 Å². The zero-order chi connectivity index (χ0) is 13.3. The van der Waals surface area contributed by atoms with Crippen LogP contribution in [0.3, 0.4) is 0 Å². The lowest BCUT2D eigenvalue weighted by Crippen LogP contribution is -2.45. The van der Waals surface area contributed by atoms with Gasteiger partial charge in [-0.15, -0.1) is 11.8 Å². The summed E-state index contributed by atoms with van der Waals surface area (Å²) in [6.45, 7) is 4.31. The fourth-order valence-electron chi connectivity index (χ4n) is 1.21. The SMILES string of the molecule is CC[C@H](C)[C@H](NC(=O)CSCCOC)C(=O)O. The van der Waals surface area contributed by atoms with Crippen molar-refractivity contribution in [3.05, 3.63) is 0 Å². The largest absolute Gasteiger partial charge is 0.480 e. The highest BCUT2D eigenvalue weighted by molar-refractivity contribution is 7.99. The summed E-state index contributed by atoms with van der Waals surface area (Å²) in [5.74, 6) is -0.289. The standard InChI is InChI=1S/C11H21NO4S/c1-4-8(2)10(11(14)15)12-9(13)7-17-6-5-16-3/h8,10H,4-7H2,1-3H3,(H,12,13)(H,14,15)/t8-,10-/m0/s1. The molecule has 2 atom stereocenters. The van der Waals surface area contributed by atoms with E-state index in [1.807, 2.05) is 13.8 Å². The molecule has 0 spiro atoms. The molecular weight excluding hydrogens is 242 g/mol. The third-order valence-corrected chi connectivity index (χ3v) is 3.38. The number of ether oxygens (including phenoxy) is 1. The van der Waals surface area contributed by atoms with Crippen molar-refractivity contribution >= 4 is 23.6 Å². The Labute approximate surface area is 106 Å². The molecule has 2 N–H and O–H groups in total. The smallest absolute Gasteiger partial charge is 0.326 e. The molecule has 0 aliphatic heterocycles. The number of carbonyl (C=O) groups is 2. The van der Waals surface area contributed by atoms with Crippen molar-refractivity contribution < 1.29 is 19.4 Å². The summed E-state index contributed by atoms with van der Waals surface area (Å²) in [6, 6.07) is -0.796. The van der Waals surface area contributed by atoms with E-state index in [0.717, 1.165) is 5.75 Å². The minimum absolute atomic E-state index is 0.0691. The second-order valence-electron chi connectivity index (χ2n) is 3.81. The van der Waals surface area contributed by atoms with Gasteiger partial charge in [-0.2, -0.15) is 0 Å². The molecule has 0 unspecified atom stereocenters. The van der Waals surface area contributed by atoms with E-state index >= 15 is 0 Å². The molecule has 17 heavy (non-hydrogen) atoms. The Kier molecular flexibility index (Phi) is 8.89. The van der Waals surface area contributed by atoms with Gasteiger partial charge in [-0.1, -0.05) is 20.3 Å². The first-order valence-corrected chi connectivity index (χ1v) is 6.77. The highest BCUT2D eigenvalue weighted by Crippen LogP contribution is 2.08. The van der Waals surface area contributed by atoms with Gasteiger partial charge in [0.2, 0.25) is 5.91 Å². The number of hydrogen-bond acceptors (Lipinski definition) is 4. The van der Waals surface area contributed by atoms with Crippen LogP contribution in [0.2, 0.25) is 0 Å². The fourth-order valence-corrected chi connectivity index (χ4v) is 1.90. The maximum atomic E-state index is 11.5. The summed E-state index contributed by atoms with van der Waals surface area (Å²) in [7, 11) is 1.60. The molecule has 0 radical (unpaired) electrons. The van der Waals surface area contributed by atoms with E-state index in [1.54, 1.807) is 7.11 Å². The van der Waals surface area contributed by atoms with Gasteiger partial charge >= 0.3 is 5.97 Å². The first kappa shape index (κ1) is 16.2. The molecule has 0 aromatic carbocycles. The molecule has 0 saturated heterocycles. The van der Waals surface area contributed by atoms with Crippen molar-refractivity contribution in [2.75, 3.05) is 25.2 Å². The van der Waals surface area contributed by atoms with E-state index in [1.165, 1.54) is 11.8 Å². The first-order chi connectivity index (χ1) is 8.02. The average molecular weight is 263 g/mol. The van der Waals surface area contributed by atoms with E-state index in [-0.39, 0.29) is 17.6 Å². The average Bonchev–Trinajstić information content (AvgIpc) is 2.30. The second kappa shape index (κ2) is 9.30. The topological polar surface area (TPSA) is 75.6 Å². The molecule has 6 heteroatoms. The van der Waals surface area contributed by atoms with Crippen LogP contribution in [0.15, 0.2) is 0 Å². The Bertz CT molecular complexity index is 248. The number of carboxylic acids is 1. The predicted molar refractivity (Wildman–Crippen MR) is 68.2 cm³/mol. The van der Waals surface area contributed by atoms with Gasteiger partial charge in [-0.25, -0.2) is 4.79 Å². The molecule has 0 aromatic heterocycles. The Balaban J connectivity index is 4.00. The Morgan fingerprint density at radius 3 is 2.59 bits per heavy atom. The number of carboxylic acid groups (broad SMARTS) is 1. The quantitative estimate of drug-likeness (QED) is 0.607. The van der Waals surface area contributed by atoms with Crippen molar-refractivity contribution in [3.8, 4) is 0 Å². The van der Waals surface area contributed by atoms with Crippen molar-refractivity contribution in [2.24, 2.45) is 5.92 Å². The maximum Gasteiger partial charge on any atom is 0.326 e. The van der Waals surface area contributed by atoms with Gasteiger partial charge in [0.15, 0.2) is 0 Å². The fraction of sp³-hybridized carbons (Fsp3) is 0.818. The van der Waals surface area contributed by atoms with E-state index in [2.05, 4.69) is 5.32 Å². The molecule has 0 rings (SSSR count). The van der Waals surface area contributed by atoms with Crippen LogP contribution in [0, 0.1) is 5.92 Å². The van der Waals surface area contributed by atoms with Crippen LogP contribution in [-0.4, -0.2) is 48.2 Å². The number of rotatable bonds is 9. The molecule has 100 valence electrons. The van der Waals surface area contributed by atoms with Crippen LogP contribution in [0.5, 0.6) is 0 Å². The molecule has 0 aliphatic rings. The van der Waals surface area contributed by atoms with Crippen molar-refractivity contribution in [1.29, 1.82) is 0 Å². The Morgan fingerprint density at radius 1 is 1.47 bits per heavy atom.